The Kier molecular flexibility index (Phi) is 3.55. The van der Waals surface area contributed by atoms with Gasteiger partial charge in [-0.05, 0) is 12.8 Å². The number of hydrogen-bond acceptors (Lipinski definition) is 2. The van der Waals surface area contributed by atoms with Crippen LogP contribution in [0.3, 0.4) is 0 Å². The average Bonchev–Trinajstić information content (AvgIpc) is 2.04. The minimum absolute atomic E-state index is 0.350. The van der Waals surface area contributed by atoms with Crippen molar-refractivity contribution in [3.8, 4) is 5.75 Å². The second-order valence-electron chi connectivity index (χ2n) is 3.13. The van der Waals surface area contributed by atoms with E-state index in [0.717, 1.165) is 11.4 Å². The van der Waals surface area contributed by atoms with Crippen LogP contribution in [0.15, 0.2) is 12.3 Å². The minimum atomic E-state index is 0.350. The maximum atomic E-state index is 6.02. The molecule has 0 aliphatic rings. The van der Waals surface area contributed by atoms with Crippen LogP contribution in [0.1, 0.15) is 32.4 Å². The van der Waals surface area contributed by atoms with Crippen LogP contribution in [0, 0.1) is 0 Å². The molecule has 0 saturated carbocycles. The van der Waals surface area contributed by atoms with Crippen molar-refractivity contribution in [1.29, 1.82) is 0 Å². The van der Waals surface area contributed by atoms with Gasteiger partial charge in [0.25, 0.3) is 0 Å². The van der Waals surface area contributed by atoms with E-state index in [2.05, 4.69) is 18.8 Å². The highest BCUT2D eigenvalue weighted by molar-refractivity contribution is 6.31. The van der Waals surface area contributed by atoms with Gasteiger partial charge in [-0.2, -0.15) is 0 Å². The van der Waals surface area contributed by atoms with Gasteiger partial charge >= 0.3 is 0 Å². The highest BCUT2D eigenvalue weighted by Crippen LogP contribution is 2.25. The zero-order chi connectivity index (χ0) is 9.84. The second kappa shape index (κ2) is 4.47. The summed E-state index contributed by atoms with van der Waals surface area (Å²) < 4.78 is 5.27. The maximum absolute atomic E-state index is 6.02. The van der Waals surface area contributed by atoms with E-state index in [9.17, 15) is 0 Å². The van der Waals surface area contributed by atoms with Crippen molar-refractivity contribution >= 4 is 11.6 Å². The highest BCUT2D eigenvalue weighted by Gasteiger charge is 2.07. The normalized spacial score (nSPS) is 10.5. The Hall–Kier alpha value is -0.760. The summed E-state index contributed by atoms with van der Waals surface area (Å²) in [6, 6.07) is 1.81. The van der Waals surface area contributed by atoms with Crippen molar-refractivity contribution in [2.24, 2.45) is 0 Å². The van der Waals surface area contributed by atoms with E-state index in [4.69, 9.17) is 16.3 Å². The molecule has 1 aromatic heterocycles. The molecule has 72 valence electrons. The number of halogens is 1. The molecule has 3 heteroatoms. The number of hydrogen-bond donors (Lipinski definition) is 0. The topological polar surface area (TPSA) is 22.1 Å². The van der Waals surface area contributed by atoms with Gasteiger partial charge in [0.1, 0.15) is 5.75 Å². The molecule has 1 rings (SSSR count). The van der Waals surface area contributed by atoms with Gasteiger partial charge in [-0.3, -0.25) is 4.98 Å². The lowest BCUT2D eigenvalue weighted by molar-refractivity contribution is 0.338. The molecule has 1 heterocycles. The van der Waals surface area contributed by atoms with Crippen molar-refractivity contribution in [1.82, 2.24) is 4.98 Å². The van der Waals surface area contributed by atoms with Crippen LogP contribution in [-0.4, -0.2) is 11.6 Å². The summed E-state index contributed by atoms with van der Waals surface area (Å²) in [5, 5.41) is 0.681. The number of nitrogens with zero attached hydrogens (tertiary/aromatic N) is 1. The van der Waals surface area contributed by atoms with Gasteiger partial charge in [0, 0.05) is 6.07 Å². The molecule has 0 aliphatic heterocycles. The number of ether oxygens (including phenoxy) is 1. The maximum Gasteiger partial charge on any atom is 0.139 e. The molecule has 0 fully saturated rings. The Morgan fingerprint density at radius 2 is 2.23 bits per heavy atom. The summed E-state index contributed by atoms with van der Waals surface area (Å²) in [5.41, 5.74) is 0.921. The van der Waals surface area contributed by atoms with Gasteiger partial charge in [0.05, 0.1) is 23.5 Å². The van der Waals surface area contributed by atoms with Gasteiger partial charge in [0.15, 0.2) is 0 Å². The molecule has 2 nitrogen and oxygen atoms in total. The first kappa shape index (κ1) is 10.3. The Labute approximate surface area is 83.9 Å². The Morgan fingerprint density at radius 1 is 1.54 bits per heavy atom. The zero-order valence-electron chi connectivity index (χ0n) is 8.17. The molecule has 0 bridgehead atoms. The van der Waals surface area contributed by atoms with Gasteiger partial charge in [-0.15, -0.1) is 0 Å². The summed E-state index contributed by atoms with van der Waals surface area (Å²) in [6.07, 6.45) is 1.71. The fraction of sp³-hybridized carbons (Fsp3) is 0.500. The fourth-order valence-corrected chi connectivity index (χ4v) is 1.48. The van der Waals surface area contributed by atoms with Crippen LogP contribution in [-0.2, 0) is 0 Å². The lowest BCUT2D eigenvalue weighted by Gasteiger charge is -2.08. The van der Waals surface area contributed by atoms with E-state index in [1.165, 1.54) is 0 Å². The van der Waals surface area contributed by atoms with E-state index >= 15 is 0 Å². The first-order valence-electron chi connectivity index (χ1n) is 4.43. The SMILES string of the molecule is CCOc1cnc(C(C)C)c(Cl)c1. The van der Waals surface area contributed by atoms with E-state index in [1.54, 1.807) is 6.20 Å². The highest BCUT2D eigenvalue weighted by atomic mass is 35.5. The number of pyridine rings is 1. The summed E-state index contributed by atoms with van der Waals surface area (Å²) in [5.74, 6) is 1.08. The molecule has 0 N–H and O–H groups in total. The van der Waals surface area contributed by atoms with Gasteiger partial charge in [-0.1, -0.05) is 25.4 Å². The van der Waals surface area contributed by atoms with Crippen LogP contribution in [0.25, 0.3) is 0 Å². The minimum Gasteiger partial charge on any atom is -0.492 e. The molecule has 13 heavy (non-hydrogen) atoms. The quantitative estimate of drug-likeness (QED) is 0.746. The van der Waals surface area contributed by atoms with E-state index in [0.29, 0.717) is 17.5 Å². The molecule has 0 atom stereocenters. The fourth-order valence-electron chi connectivity index (χ4n) is 1.10. The molecule has 0 radical (unpaired) electrons. The standard InChI is InChI=1S/C10H14ClNO/c1-4-13-8-5-9(11)10(7(2)3)12-6-8/h5-7H,4H2,1-3H3. The molecule has 0 aromatic carbocycles. The molecule has 0 amide bonds. The summed E-state index contributed by atoms with van der Waals surface area (Å²) in [6.45, 7) is 6.70. The smallest absolute Gasteiger partial charge is 0.139 e. The Morgan fingerprint density at radius 3 is 2.69 bits per heavy atom. The van der Waals surface area contributed by atoms with Crippen LogP contribution < -0.4 is 4.74 Å². The average molecular weight is 200 g/mol. The zero-order valence-corrected chi connectivity index (χ0v) is 8.93. The molecule has 1 aromatic rings. The molecule has 0 unspecified atom stereocenters. The van der Waals surface area contributed by atoms with Crippen molar-refractivity contribution < 1.29 is 4.74 Å². The summed E-state index contributed by atoms with van der Waals surface area (Å²) in [7, 11) is 0. The molecule has 0 saturated heterocycles. The lowest BCUT2D eigenvalue weighted by Crippen LogP contribution is -1.97. The second-order valence-corrected chi connectivity index (χ2v) is 3.53. The third-order valence-corrected chi connectivity index (χ3v) is 2.01. The van der Waals surface area contributed by atoms with Crippen LogP contribution in [0.2, 0.25) is 5.02 Å². The van der Waals surface area contributed by atoms with Crippen LogP contribution >= 0.6 is 11.6 Å². The van der Waals surface area contributed by atoms with Crippen LogP contribution in [0.4, 0.5) is 0 Å². The van der Waals surface area contributed by atoms with Gasteiger partial charge in [0.2, 0.25) is 0 Å². The summed E-state index contributed by atoms with van der Waals surface area (Å²) in [4.78, 5) is 4.24. The lowest BCUT2D eigenvalue weighted by atomic mass is 10.1. The van der Waals surface area contributed by atoms with E-state index < -0.39 is 0 Å². The number of rotatable bonds is 3. The number of aromatic nitrogens is 1. The predicted octanol–water partition coefficient (Wildman–Crippen LogP) is 3.26. The monoisotopic (exact) mass is 199 g/mol. The van der Waals surface area contributed by atoms with Crippen molar-refractivity contribution in [3.63, 3.8) is 0 Å². The molecular formula is C10H14ClNO. The van der Waals surface area contributed by atoms with E-state index in [-0.39, 0.29) is 0 Å². The largest absolute Gasteiger partial charge is 0.492 e. The first-order valence-corrected chi connectivity index (χ1v) is 4.81. The predicted molar refractivity (Wildman–Crippen MR) is 54.5 cm³/mol. The third-order valence-electron chi connectivity index (χ3n) is 1.70. The first-order chi connectivity index (χ1) is 6.15. The molecule has 0 spiro atoms. The van der Waals surface area contributed by atoms with Gasteiger partial charge in [-0.25, -0.2) is 0 Å². The molecule has 0 aliphatic carbocycles. The van der Waals surface area contributed by atoms with Crippen LogP contribution in [0.5, 0.6) is 5.75 Å². The Balaban J connectivity index is 2.92. The molecular weight excluding hydrogens is 186 g/mol. The van der Waals surface area contributed by atoms with Crippen molar-refractivity contribution in [2.45, 2.75) is 26.7 Å². The van der Waals surface area contributed by atoms with Crippen molar-refractivity contribution in [2.75, 3.05) is 6.61 Å². The summed E-state index contributed by atoms with van der Waals surface area (Å²) >= 11 is 6.02. The van der Waals surface area contributed by atoms with E-state index in [1.807, 2.05) is 13.0 Å². The van der Waals surface area contributed by atoms with Crippen molar-refractivity contribution in [3.05, 3.63) is 23.0 Å². The van der Waals surface area contributed by atoms with Gasteiger partial charge < -0.3 is 4.74 Å². The third kappa shape index (κ3) is 2.59. The Bertz CT molecular complexity index is 286.